The highest BCUT2D eigenvalue weighted by molar-refractivity contribution is 9.11. The van der Waals surface area contributed by atoms with Crippen LogP contribution in [0.4, 0.5) is 4.39 Å². The predicted octanol–water partition coefficient (Wildman–Crippen LogP) is 5.12. The van der Waals surface area contributed by atoms with Gasteiger partial charge in [0.1, 0.15) is 11.6 Å². The second kappa shape index (κ2) is 6.21. The van der Waals surface area contributed by atoms with Crippen molar-refractivity contribution in [2.45, 2.75) is 0 Å². The van der Waals surface area contributed by atoms with E-state index in [0.717, 1.165) is 0 Å². The van der Waals surface area contributed by atoms with E-state index in [-0.39, 0.29) is 16.9 Å². The van der Waals surface area contributed by atoms with Gasteiger partial charge >= 0.3 is 0 Å². The fraction of sp³-hybridized carbons (Fsp3) is 0. The van der Waals surface area contributed by atoms with Crippen LogP contribution in [0.1, 0.15) is 11.1 Å². The highest BCUT2D eigenvalue weighted by Gasteiger charge is 2.09. The van der Waals surface area contributed by atoms with Gasteiger partial charge < -0.3 is 5.11 Å². The van der Waals surface area contributed by atoms with Gasteiger partial charge in [-0.25, -0.2) is 4.39 Å². The molecule has 2 aromatic rings. The number of allylic oxidation sites excluding steroid dienone is 1. The van der Waals surface area contributed by atoms with Crippen molar-refractivity contribution in [2.24, 2.45) is 0 Å². The summed E-state index contributed by atoms with van der Waals surface area (Å²) in [7, 11) is 0. The number of rotatable bonds is 2. The summed E-state index contributed by atoms with van der Waals surface area (Å²) in [6, 6.07) is 11.4. The highest BCUT2D eigenvalue weighted by Crippen LogP contribution is 2.34. The fourth-order valence-electron chi connectivity index (χ4n) is 1.69. The fourth-order valence-corrected chi connectivity index (χ4v) is 2.91. The second-order valence-corrected chi connectivity index (χ2v) is 5.69. The van der Waals surface area contributed by atoms with Crippen molar-refractivity contribution in [3.05, 3.63) is 62.3 Å². The molecule has 0 heterocycles. The maximum absolute atomic E-state index is 13.7. The number of phenolic OH excluding ortho intramolecular Hbond substituents is 1. The van der Waals surface area contributed by atoms with Gasteiger partial charge in [-0.15, -0.1) is 0 Å². The summed E-state index contributed by atoms with van der Waals surface area (Å²) < 4.78 is 14.7. The van der Waals surface area contributed by atoms with E-state index in [1.807, 2.05) is 6.07 Å². The molecule has 0 aliphatic rings. The van der Waals surface area contributed by atoms with Crippen LogP contribution in [0.5, 0.6) is 5.75 Å². The molecule has 0 aliphatic heterocycles. The number of aromatic hydroxyl groups is 1. The zero-order valence-electron chi connectivity index (χ0n) is 10.1. The van der Waals surface area contributed by atoms with Gasteiger partial charge in [0.2, 0.25) is 0 Å². The van der Waals surface area contributed by atoms with Crippen molar-refractivity contribution in [1.29, 1.82) is 5.26 Å². The number of phenols is 1. The molecule has 2 rings (SSSR count). The number of halogens is 3. The number of nitriles is 1. The van der Waals surface area contributed by atoms with Crippen LogP contribution in [0.25, 0.3) is 11.6 Å². The van der Waals surface area contributed by atoms with Crippen molar-refractivity contribution in [2.75, 3.05) is 0 Å². The lowest BCUT2D eigenvalue weighted by Crippen LogP contribution is -1.87. The van der Waals surface area contributed by atoms with Crippen LogP contribution in [-0.4, -0.2) is 5.11 Å². The Bertz CT molecular complexity index is 712. The summed E-state index contributed by atoms with van der Waals surface area (Å²) in [5, 5.41) is 18.8. The third-order valence-corrected chi connectivity index (χ3v) is 3.84. The Labute approximate surface area is 132 Å². The van der Waals surface area contributed by atoms with Crippen molar-refractivity contribution in [3.8, 4) is 11.8 Å². The molecule has 2 aromatic carbocycles. The Hall–Kier alpha value is -1.64. The van der Waals surface area contributed by atoms with E-state index in [9.17, 15) is 14.8 Å². The first kappa shape index (κ1) is 14.8. The van der Waals surface area contributed by atoms with Crippen LogP contribution < -0.4 is 0 Å². The summed E-state index contributed by atoms with van der Waals surface area (Å²) >= 11 is 6.43. The molecule has 0 saturated carbocycles. The minimum atomic E-state index is -0.447. The smallest absolute Gasteiger partial charge is 0.143 e. The van der Waals surface area contributed by atoms with Crippen LogP contribution in [0.15, 0.2) is 45.3 Å². The molecule has 0 spiro atoms. The van der Waals surface area contributed by atoms with E-state index in [1.54, 1.807) is 36.4 Å². The Morgan fingerprint density at radius 2 is 1.80 bits per heavy atom. The molecule has 100 valence electrons. The van der Waals surface area contributed by atoms with Crippen molar-refractivity contribution >= 4 is 43.5 Å². The van der Waals surface area contributed by atoms with Crippen LogP contribution in [0.2, 0.25) is 0 Å². The normalized spacial score (nSPS) is 11.2. The highest BCUT2D eigenvalue weighted by atomic mass is 79.9. The molecule has 0 amide bonds. The van der Waals surface area contributed by atoms with Gasteiger partial charge in [0, 0.05) is 5.56 Å². The molecule has 0 atom stereocenters. The monoisotopic (exact) mass is 395 g/mol. The van der Waals surface area contributed by atoms with E-state index in [1.165, 1.54) is 6.07 Å². The lowest BCUT2D eigenvalue weighted by molar-refractivity contribution is 0.468. The number of benzene rings is 2. The number of nitrogens with zero attached hydrogens (tertiary/aromatic N) is 1. The molecule has 0 radical (unpaired) electrons. The lowest BCUT2D eigenvalue weighted by atomic mass is 10.0. The van der Waals surface area contributed by atoms with E-state index in [2.05, 4.69) is 31.9 Å². The summed E-state index contributed by atoms with van der Waals surface area (Å²) in [4.78, 5) is 0. The summed E-state index contributed by atoms with van der Waals surface area (Å²) in [5.74, 6) is -0.372. The minimum absolute atomic E-state index is 0.0755. The quantitative estimate of drug-likeness (QED) is 0.565. The molecule has 0 fully saturated rings. The Kier molecular flexibility index (Phi) is 4.58. The molecule has 5 heteroatoms. The Morgan fingerprint density at radius 1 is 1.20 bits per heavy atom. The van der Waals surface area contributed by atoms with Crippen LogP contribution in [0, 0.1) is 17.1 Å². The van der Waals surface area contributed by atoms with Gasteiger partial charge in [0.25, 0.3) is 0 Å². The van der Waals surface area contributed by atoms with E-state index in [0.29, 0.717) is 14.5 Å². The van der Waals surface area contributed by atoms with Crippen molar-refractivity contribution in [1.82, 2.24) is 0 Å². The van der Waals surface area contributed by atoms with Crippen LogP contribution in [-0.2, 0) is 0 Å². The summed E-state index contributed by atoms with van der Waals surface area (Å²) in [6.07, 6.45) is 1.56. The van der Waals surface area contributed by atoms with E-state index in [4.69, 9.17) is 0 Å². The first-order valence-electron chi connectivity index (χ1n) is 5.57. The molecule has 1 N–H and O–H groups in total. The van der Waals surface area contributed by atoms with Gasteiger partial charge in [0.05, 0.1) is 20.6 Å². The summed E-state index contributed by atoms with van der Waals surface area (Å²) in [5.41, 5.74) is 1.13. The SMILES string of the molecule is N#C/C(=C/c1cc(Br)c(O)c(Br)c1)c1ccccc1F. The maximum Gasteiger partial charge on any atom is 0.143 e. The van der Waals surface area contributed by atoms with Gasteiger partial charge in [0.15, 0.2) is 0 Å². The van der Waals surface area contributed by atoms with E-state index < -0.39 is 5.82 Å². The Morgan fingerprint density at radius 3 is 2.35 bits per heavy atom. The van der Waals surface area contributed by atoms with Crippen molar-refractivity contribution < 1.29 is 9.50 Å². The number of hydrogen-bond acceptors (Lipinski definition) is 2. The van der Waals surface area contributed by atoms with Gasteiger partial charge in [-0.05, 0) is 61.7 Å². The number of hydrogen-bond donors (Lipinski definition) is 1. The zero-order valence-corrected chi connectivity index (χ0v) is 13.2. The molecule has 20 heavy (non-hydrogen) atoms. The average Bonchev–Trinajstić information content (AvgIpc) is 2.43. The van der Waals surface area contributed by atoms with E-state index >= 15 is 0 Å². The minimum Gasteiger partial charge on any atom is -0.506 e. The third kappa shape index (κ3) is 3.09. The largest absolute Gasteiger partial charge is 0.506 e. The van der Waals surface area contributed by atoms with Gasteiger partial charge in [-0.1, -0.05) is 18.2 Å². The molecular weight excluding hydrogens is 389 g/mol. The molecule has 0 bridgehead atoms. The standard InChI is InChI=1S/C15H8Br2FNO/c16-12-6-9(7-13(17)15(12)20)5-10(8-19)11-3-1-2-4-14(11)18/h1-7,20H/b10-5-. The topological polar surface area (TPSA) is 44.0 Å². The van der Waals surface area contributed by atoms with Gasteiger partial charge in [-0.2, -0.15) is 5.26 Å². The van der Waals surface area contributed by atoms with Crippen LogP contribution >= 0.6 is 31.9 Å². The van der Waals surface area contributed by atoms with Crippen molar-refractivity contribution in [3.63, 3.8) is 0 Å². The molecular formula is C15H8Br2FNO. The maximum atomic E-state index is 13.7. The first-order valence-corrected chi connectivity index (χ1v) is 7.16. The summed E-state index contributed by atoms with van der Waals surface area (Å²) in [6.45, 7) is 0. The predicted molar refractivity (Wildman–Crippen MR) is 83.4 cm³/mol. The molecule has 0 saturated heterocycles. The van der Waals surface area contributed by atoms with Crippen LogP contribution in [0.3, 0.4) is 0 Å². The third-order valence-electron chi connectivity index (χ3n) is 2.63. The molecule has 0 unspecified atom stereocenters. The molecule has 0 aromatic heterocycles. The zero-order chi connectivity index (χ0) is 14.7. The van der Waals surface area contributed by atoms with Gasteiger partial charge in [-0.3, -0.25) is 0 Å². The first-order chi connectivity index (χ1) is 9.52. The second-order valence-electron chi connectivity index (χ2n) is 3.98. The average molecular weight is 397 g/mol. The Balaban J connectivity index is 2.53. The molecule has 2 nitrogen and oxygen atoms in total. The lowest BCUT2D eigenvalue weighted by Gasteiger charge is -2.04. The molecule has 0 aliphatic carbocycles.